The van der Waals surface area contributed by atoms with Crippen molar-refractivity contribution in [3.8, 4) is 5.75 Å². The lowest BCUT2D eigenvalue weighted by Gasteiger charge is -2.50. The van der Waals surface area contributed by atoms with Crippen molar-refractivity contribution in [2.24, 2.45) is 17.3 Å². The van der Waals surface area contributed by atoms with E-state index < -0.39 is 0 Å². The van der Waals surface area contributed by atoms with Gasteiger partial charge in [-0.15, -0.1) is 0 Å². The molecule has 0 saturated heterocycles. The minimum atomic E-state index is -0.330. The minimum absolute atomic E-state index is 0.330. The summed E-state index contributed by atoms with van der Waals surface area (Å²) in [6.07, 6.45) is 7.70. The predicted octanol–water partition coefficient (Wildman–Crippen LogP) is 5.33. The maximum absolute atomic E-state index is 11.4. The highest BCUT2D eigenvalue weighted by molar-refractivity contribution is 5.77. The fourth-order valence-electron chi connectivity index (χ4n) is 4.89. The molecule has 1 aromatic carbocycles. The van der Waals surface area contributed by atoms with Crippen molar-refractivity contribution in [2.45, 2.75) is 45.4 Å². The van der Waals surface area contributed by atoms with Crippen LogP contribution in [0.3, 0.4) is 0 Å². The Hall–Kier alpha value is -2.03. The maximum Gasteiger partial charge on any atom is 0.336 e. The monoisotopic (exact) mass is 338 g/mol. The van der Waals surface area contributed by atoms with Crippen LogP contribution < -0.4 is 10.4 Å². The van der Waals surface area contributed by atoms with Crippen molar-refractivity contribution >= 4 is 11.0 Å². The SMILES string of the molecule is C=C1CCC2(C)CCCCC2C1COc1ccc2ccc(=O)oc2c1. The second-order valence-electron chi connectivity index (χ2n) is 8.04. The van der Waals surface area contributed by atoms with Gasteiger partial charge in [-0.1, -0.05) is 31.9 Å². The average molecular weight is 338 g/mol. The van der Waals surface area contributed by atoms with E-state index in [2.05, 4.69) is 13.5 Å². The van der Waals surface area contributed by atoms with Crippen molar-refractivity contribution in [2.75, 3.05) is 6.61 Å². The summed E-state index contributed by atoms with van der Waals surface area (Å²) >= 11 is 0. The molecular formula is C22H26O3. The van der Waals surface area contributed by atoms with Gasteiger partial charge in [0.1, 0.15) is 11.3 Å². The zero-order chi connectivity index (χ0) is 17.4. The lowest BCUT2D eigenvalue weighted by Crippen LogP contribution is -2.42. The molecule has 2 aliphatic carbocycles. The van der Waals surface area contributed by atoms with Gasteiger partial charge >= 0.3 is 5.63 Å². The topological polar surface area (TPSA) is 39.4 Å². The number of fused-ring (bicyclic) bond motifs is 2. The third-order valence-electron chi connectivity index (χ3n) is 6.46. The van der Waals surface area contributed by atoms with Crippen LogP contribution >= 0.6 is 0 Å². The quantitative estimate of drug-likeness (QED) is 0.560. The fourth-order valence-corrected chi connectivity index (χ4v) is 4.89. The molecule has 25 heavy (non-hydrogen) atoms. The first-order chi connectivity index (χ1) is 12.0. The molecule has 1 aromatic heterocycles. The van der Waals surface area contributed by atoms with Gasteiger partial charge in [-0.2, -0.15) is 0 Å². The van der Waals surface area contributed by atoms with E-state index in [4.69, 9.17) is 9.15 Å². The number of rotatable bonds is 3. The van der Waals surface area contributed by atoms with Gasteiger partial charge in [-0.3, -0.25) is 0 Å². The second kappa shape index (κ2) is 6.36. The third kappa shape index (κ3) is 3.12. The molecule has 2 saturated carbocycles. The van der Waals surface area contributed by atoms with Crippen molar-refractivity contribution in [3.05, 3.63) is 52.9 Å². The summed E-state index contributed by atoms with van der Waals surface area (Å²) in [6.45, 7) is 7.48. The van der Waals surface area contributed by atoms with Crippen LogP contribution in [0.5, 0.6) is 5.75 Å². The smallest absolute Gasteiger partial charge is 0.336 e. The lowest BCUT2D eigenvalue weighted by atomic mass is 9.56. The van der Waals surface area contributed by atoms with Crippen molar-refractivity contribution in [1.82, 2.24) is 0 Å². The Labute approximate surface area is 148 Å². The fraction of sp³-hybridized carbons (Fsp3) is 0.500. The van der Waals surface area contributed by atoms with Crippen LogP contribution in [0.2, 0.25) is 0 Å². The molecule has 3 heteroatoms. The highest BCUT2D eigenvalue weighted by Gasteiger charge is 2.44. The van der Waals surface area contributed by atoms with Crippen LogP contribution in [0.15, 0.2) is 51.7 Å². The van der Waals surface area contributed by atoms with Gasteiger partial charge in [-0.05, 0) is 55.2 Å². The Morgan fingerprint density at radius 2 is 2.08 bits per heavy atom. The molecule has 4 rings (SSSR count). The van der Waals surface area contributed by atoms with Gasteiger partial charge < -0.3 is 9.15 Å². The first kappa shape index (κ1) is 16.4. The van der Waals surface area contributed by atoms with Gasteiger partial charge in [0.25, 0.3) is 0 Å². The van der Waals surface area contributed by atoms with E-state index in [0.29, 0.717) is 29.4 Å². The van der Waals surface area contributed by atoms with E-state index in [1.807, 2.05) is 18.2 Å². The van der Waals surface area contributed by atoms with Crippen molar-refractivity contribution in [1.29, 1.82) is 0 Å². The first-order valence-corrected chi connectivity index (χ1v) is 9.40. The molecule has 3 unspecified atom stereocenters. The number of hydrogen-bond donors (Lipinski definition) is 0. The highest BCUT2D eigenvalue weighted by Crippen LogP contribution is 2.53. The van der Waals surface area contributed by atoms with E-state index in [-0.39, 0.29) is 5.63 Å². The molecule has 1 heterocycles. The minimum Gasteiger partial charge on any atom is -0.493 e. The molecule has 0 spiro atoms. The molecule has 132 valence electrons. The molecule has 0 aliphatic heterocycles. The van der Waals surface area contributed by atoms with Gasteiger partial charge in [0.2, 0.25) is 0 Å². The van der Waals surface area contributed by atoms with Gasteiger partial charge in [0.05, 0.1) is 6.61 Å². The Morgan fingerprint density at radius 1 is 1.24 bits per heavy atom. The van der Waals surface area contributed by atoms with Crippen LogP contribution in [-0.2, 0) is 0 Å². The molecule has 2 aliphatic rings. The van der Waals surface area contributed by atoms with E-state index >= 15 is 0 Å². The highest BCUT2D eigenvalue weighted by atomic mass is 16.5. The van der Waals surface area contributed by atoms with E-state index in [9.17, 15) is 4.79 Å². The van der Waals surface area contributed by atoms with Gasteiger partial charge in [0.15, 0.2) is 0 Å². The summed E-state index contributed by atoms with van der Waals surface area (Å²) in [6, 6.07) is 8.94. The first-order valence-electron chi connectivity index (χ1n) is 9.40. The molecule has 2 fully saturated rings. The molecule has 0 bridgehead atoms. The summed E-state index contributed by atoms with van der Waals surface area (Å²) in [7, 11) is 0. The van der Waals surface area contributed by atoms with E-state index in [0.717, 1.165) is 17.6 Å². The number of hydrogen-bond acceptors (Lipinski definition) is 3. The standard InChI is InChI=1S/C22H26O3/c1-15-10-12-22(2)11-4-3-5-19(22)18(15)14-24-17-8-6-16-7-9-21(23)25-20(16)13-17/h6-9,13,18-19H,1,3-5,10-12,14H2,2H3. The summed E-state index contributed by atoms with van der Waals surface area (Å²) in [5.74, 6) is 1.87. The Balaban J connectivity index is 1.53. The molecule has 2 aromatic rings. The predicted molar refractivity (Wildman–Crippen MR) is 99.9 cm³/mol. The Morgan fingerprint density at radius 3 is 2.96 bits per heavy atom. The van der Waals surface area contributed by atoms with E-state index in [1.165, 1.54) is 43.7 Å². The van der Waals surface area contributed by atoms with Crippen LogP contribution in [0.1, 0.15) is 45.4 Å². The summed E-state index contributed by atoms with van der Waals surface area (Å²) in [5.41, 5.74) is 2.04. The molecule has 3 nitrogen and oxygen atoms in total. The molecule has 0 radical (unpaired) electrons. The normalized spacial score (nSPS) is 29.4. The molecule has 0 N–H and O–H groups in total. The zero-order valence-corrected chi connectivity index (χ0v) is 14.9. The summed E-state index contributed by atoms with van der Waals surface area (Å²) in [5, 5.41) is 0.911. The van der Waals surface area contributed by atoms with Crippen LogP contribution in [-0.4, -0.2) is 6.61 Å². The van der Waals surface area contributed by atoms with Crippen molar-refractivity contribution < 1.29 is 9.15 Å². The van der Waals surface area contributed by atoms with E-state index in [1.54, 1.807) is 6.07 Å². The Bertz CT molecular complexity index is 850. The summed E-state index contributed by atoms with van der Waals surface area (Å²) in [4.78, 5) is 11.4. The average Bonchev–Trinajstić information content (AvgIpc) is 2.61. The van der Waals surface area contributed by atoms with Crippen LogP contribution in [0.25, 0.3) is 11.0 Å². The lowest BCUT2D eigenvalue weighted by molar-refractivity contribution is 0.0255. The Kier molecular flexibility index (Phi) is 4.18. The van der Waals surface area contributed by atoms with Crippen LogP contribution in [0, 0.1) is 17.3 Å². The molecule has 3 atom stereocenters. The van der Waals surface area contributed by atoms with Gasteiger partial charge in [0, 0.05) is 23.4 Å². The number of ether oxygens (including phenoxy) is 1. The molecule has 0 amide bonds. The third-order valence-corrected chi connectivity index (χ3v) is 6.46. The van der Waals surface area contributed by atoms with Crippen LogP contribution in [0.4, 0.5) is 0 Å². The second-order valence-corrected chi connectivity index (χ2v) is 8.04. The zero-order valence-electron chi connectivity index (χ0n) is 14.9. The van der Waals surface area contributed by atoms with Gasteiger partial charge in [-0.25, -0.2) is 4.79 Å². The largest absolute Gasteiger partial charge is 0.493 e. The number of benzene rings is 1. The van der Waals surface area contributed by atoms with Crippen molar-refractivity contribution in [3.63, 3.8) is 0 Å². The summed E-state index contributed by atoms with van der Waals surface area (Å²) < 4.78 is 11.4. The maximum atomic E-state index is 11.4. The molecular weight excluding hydrogens is 312 g/mol.